The van der Waals surface area contributed by atoms with E-state index in [1.54, 1.807) is 12.3 Å². The number of hydrogen-bond donors (Lipinski definition) is 2. The summed E-state index contributed by atoms with van der Waals surface area (Å²) in [4.78, 5) is 16.0. The van der Waals surface area contributed by atoms with Crippen LogP contribution in [-0.4, -0.2) is 16.7 Å². The fourth-order valence-electron chi connectivity index (χ4n) is 2.47. The van der Waals surface area contributed by atoms with Crippen LogP contribution in [0.3, 0.4) is 0 Å². The van der Waals surface area contributed by atoms with E-state index in [-0.39, 0.29) is 0 Å². The van der Waals surface area contributed by atoms with Gasteiger partial charge in [0.05, 0.1) is 11.9 Å². The van der Waals surface area contributed by atoms with Gasteiger partial charge >= 0.3 is 6.09 Å². The summed E-state index contributed by atoms with van der Waals surface area (Å²) in [5.74, 6) is 0.451. The molecule has 0 aliphatic heterocycles. The van der Waals surface area contributed by atoms with E-state index in [0.29, 0.717) is 5.82 Å². The van der Waals surface area contributed by atoms with Crippen LogP contribution in [0.15, 0.2) is 30.5 Å². The van der Waals surface area contributed by atoms with E-state index < -0.39 is 11.7 Å². The van der Waals surface area contributed by atoms with Crippen LogP contribution in [0.4, 0.5) is 22.0 Å². The van der Waals surface area contributed by atoms with Crippen molar-refractivity contribution in [2.45, 2.75) is 47.1 Å². The number of amides is 1. The van der Waals surface area contributed by atoms with Crippen LogP contribution in [0.1, 0.15) is 37.5 Å². The predicted molar refractivity (Wildman–Crippen MR) is 98.0 cm³/mol. The maximum Gasteiger partial charge on any atom is 0.413 e. The first-order valence-electron chi connectivity index (χ1n) is 7.95. The second kappa shape index (κ2) is 6.91. The summed E-state index contributed by atoms with van der Waals surface area (Å²) in [6, 6.07) is 7.89. The lowest BCUT2D eigenvalue weighted by Gasteiger charge is -2.19. The van der Waals surface area contributed by atoms with E-state index in [1.165, 1.54) is 16.7 Å². The molecule has 1 heterocycles. The van der Waals surface area contributed by atoms with Gasteiger partial charge in [-0.1, -0.05) is 17.7 Å². The molecule has 1 amide bonds. The Bertz CT molecular complexity index is 708. The molecule has 0 aliphatic carbocycles. The highest BCUT2D eigenvalue weighted by Crippen LogP contribution is 2.26. The smallest absolute Gasteiger partial charge is 0.413 e. The molecule has 0 saturated carbocycles. The van der Waals surface area contributed by atoms with Crippen molar-refractivity contribution in [3.05, 3.63) is 47.2 Å². The van der Waals surface area contributed by atoms with Gasteiger partial charge < -0.3 is 10.1 Å². The molecule has 5 heteroatoms. The van der Waals surface area contributed by atoms with E-state index in [2.05, 4.69) is 48.5 Å². The summed E-state index contributed by atoms with van der Waals surface area (Å²) < 4.78 is 5.20. The maximum atomic E-state index is 11.7. The molecule has 0 radical (unpaired) electrons. The monoisotopic (exact) mass is 327 g/mol. The SMILES string of the molecule is Cc1cc(C)c(Nc2ccc(NC(=O)OC(C)(C)C)nc2)c(C)c1. The number of nitrogens with one attached hydrogen (secondary N) is 2. The van der Waals surface area contributed by atoms with Crippen molar-refractivity contribution in [1.29, 1.82) is 0 Å². The molecule has 0 saturated heterocycles. The molecule has 24 heavy (non-hydrogen) atoms. The minimum absolute atomic E-state index is 0.451. The van der Waals surface area contributed by atoms with Crippen LogP contribution >= 0.6 is 0 Å². The van der Waals surface area contributed by atoms with Gasteiger partial charge in [0.1, 0.15) is 11.4 Å². The van der Waals surface area contributed by atoms with Gasteiger partial charge in [-0.2, -0.15) is 0 Å². The van der Waals surface area contributed by atoms with Crippen LogP contribution in [0.5, 0.6) is 0 Å². The van der Waals surface area contributed by atoms with Crippen LogP contribution in [0.25, 0.3) is 0 Å². The highest BCUT2D eigenvalue weighted by atomic mass is 16.6. The summed E-state index contributed by atoms with van der Waals surface area (Å²) in [5.41, 5.74) is 5.01. The number of aromatic nitrogens is 1. The first kappa shape index (κ1) is 17.8. The number of pyridine rings is 1. The summed E-state index contributed by atoms with van der Waals surface area (Å²) in [6.45, 7) is 11.7. The van der Waals surface area contributed by atoms with Gasteiger partial charge in [-0.05, 0) is 64.8 Å². The molecule has 0 bridgehead atoms. The normalized spacial score (nSPS) is 11.1. The van der Waals surface area contributed by atoms with Crippen molar-refractivity contribution in [1.82, 2.24) is 4.98 Å². The fraction of sp³-hybridized carbons (Fsp3) is 0.368. The van der Waals surface area contributed by atoms with Crippen LogP contribution in [0.2, 0.25) is 0 Å². The molecule has 2 aromatic rings. The molecule has 0 fully saturated rings. The second-order valence-electron chi connectivity index (χ2n) is 6.96. The quantitative estimate of drug-likeness (QED) is 0.823. The molecule has 5 nitrogen and oxygen atoms in total. The number of benzene rings is 1. The number of ether oxygens (including phenoxy) is 1. The minimum Gasteiger partial charge on any atom is -0.444 e. The number of nitrogens with zero attached hydrogens (tertiary/aromatic N) is 1. The van der Waals surface area contributed by atoms with Crippen LogP contribution in [0, 0.1) is 20.8 Å². The molecule has 0 aliphatic rings. The molecule has 0 atom stereocenters. The third-order valence-corrected chi connectivity index (χ3v) is 3.34. The zero-order valence-electron chi connectivity index (χ0n) is 15.2. The lowest BCUT2D eigenvalue weighted by molar-refractivity contribution is 0.0635. The molecular formula is C19H25N3O2. The van der Waals surface area contributed by atoms with E-state index in [4.69, 9.17) is 4.74 Å². The van der Waals surface area contributed by atoms with Crippen LogP contribution < -0.4 is 10.6 Å². The number of anilines is 3. The van der Waals surface area contributed by atoms with Gasteiger partial charge in [-0.25, -0.2) is 9.78 Å². The summed E-state index contributed by atoms with van der Waals surface area (Å²) in [5, 5.41) is 6.00. The minimum atomic E-state index is -0.536. The highest BCUT2D eigenvalue weighted by Gasteiger charge is 2.16. The number of rotatable bonds is 3. The Balaban J connectivity index is 2.06. The Morgan fingerprint density at radius 2 is 1.71 bits per heavy atom. The molecule has 1 aromatic carbocycles. The third kappa shape index (κ3) is 4.98. The molecule has 2 N–H and O–H groups in total. The Kier molecular flexibility index (Phi) is 5.12. The molecule has 0 spiro atoms. The Morgan fingerprint density at radius 3 is 2.21 bits per heavy atom. The topological polar surface area (TPSA) is 63.2 Å². The van der Waals surface area contributed by atoms with E-state index >= 15 is 0 Å². The molecule has 128 valence electrons. The van der Waals surface area contributed by atoms with Gasteiger partial charge in [0.15, 0.2) is 0 Å². The lowest BCUT2D eigenvalue weighted by atomic mass is 10.0. The first-order valence-corrected chi connectivity index (χ1v) is 7.95. The fourth-order valence-corrected chi connectivity index (χ4v) is 2.47. The third-order valence-electron chi connectivity index (χ3n) is 3.34. The Labute approximate surface area is 143 Å². The van der Waals surface area contributed by atoms with Crippen molar-refractivity contribution in [3.8, 4) is 0 Å². The zero-order valence-corrected chi connectivity index (χ0v) is 15.2. The van der Waals surface area contributed by atoms with E-state index in [9.17, 15) is 4.79 Å². The molecule has 0 unspecified atom stereocenters. The average molecular weight is 327 g/mol. The second-order valence-corrected chi connectivity index (χ2v) is 6.96. The van der Waals surface area contributed by atoms with Gasteiger partial charge in [0.25, 0.3) is 0 Å². The van der Waals surface area contributed by atoms with Crippen molar-refractivity contribution in [3.63, 3.8) is 0 Å². The van der Waals surface area contributed by atoms with E-state index in [1.807, 2.05) is 26.8 Å². The van der Waals surface area contributed by atoms with Crippen molar-refractivity contribution < 1.29 is 9.53 Å². The summed E-state index contributed by atoms with van der Waals surface area (Å²) >= 11 is 0. The number of carbonyl (C=O) groups excluding carboxylic acids is 1. The largest absolute Gasteiger partial charge is 0.444 e. The Hall–Kier alpha value is -2.56. The molecular weight excluding hydrogens is 302 g/mol. The maximum absolute atomic E-state index is 11.7. The van der Waals surface area contributed by atoms with Gasteiger partial charge in [-0.3, -0.25) is 5.32 Å². The van der Waals surface area contributed by atoms with Crippen molar-refractivity contribution >= 4 is 23.3 Å². The van der Waals surface area contributed by atoms with Gasteiger partial charge in [0, 0.05) is 5.69 Å². The summed E-state index contributed by atoms with van der Waals surface area (Å²) in [7, 11) is 0. The van der Waals surface area contributed by atoms with Crippen molar-refractivity contribution in [2.75, 3.05) is 10.6 Å². The number of carbonyl (C=O) groups is 1. The average Bonchev–Trinajstić information content (AvgIpc) is 2.42. The predicted octanol–water partition coefficient (Wildman–Crippen LogP) is 5.10. The summed E-state index contributed by atoms with van der Waals surface area (Å²) in [6.07, 6.45) is 1.17. The van der Waals surface area contributed by atoms with Crippen molar-refractivity contribution in [2.24, 2.45) is 0 Å². The van der Waals surface area contributed by atoms with E-state index in [0.717, 1.165) is 11.4 Å². The number of aryl methyl sites for hydroxylation is 3. The Morgan fingerprint density at radius 1 is 1.08 bits per heavy atom. The van der Waals surface area contributed by atoms with Gasteiger partial charge in [0.2, 0.25) is 0 Å². The van der Waals surface area contributed by atoms with Crippen LogP contribution in [-0.2, 0) is 4.74 Å². The number of hydrogen-bond acceptors (Lipinski definition) is 4. The molecule has 2 rings (SSSR count). The molecule has 1 aromatic heterocycles. The standard InChI is InChI=1S/C19H25N3O2/c1-12-9-13(2)17(14(3)10-12)21-15-7-8-16(20-11-15)22-18(23)24-19(4,5)6/h7-11,21H,1-6H3,(H,20,22,23). The van der Waals surface area contributed by atoms with Gasteiger partial charge in [-0.15, -0.1) is 0 Å². The zero-order chi connectivity index (χ0) is 17.9. The first-order chi connectivity index (χ1) is 11.1. The lowest BCUT2D eigenvalue weighted by Crippen LogP contribution is -2.27. The highest BCUT2D eigenvalue weighted by molar-refractivity contribution is 5.83.